The summed E-state index contributed by atoms with van der Waals surface area (Å²) in [4.78, 5) is 14.7. The number of nitrogens with two attached hydrogens (primary N) is 1. The van der Waals surface area contributed by atoms with Gasteiger partial charge in [0.25, 0.3) is 0 Å². The lowest BCUT2D eigenvalue weighted by Gasteiger charge is -2.39. The number of nitrogens with zero attached hydrogens (tertiary/aromatic N) is 1. The van der Waals surface area contributed by atoms with Crippen LogP contribution in [0.2, 0.25) is 0 Å². The normalized spacial score (nSPS) is 27.0. The van der Waals surface area contributed by atoms with Crippen LogP contribution in [0.5, 0.6) is 0 Å². The zero-order valence-electron chi connectivity index (χ0n) is 11.3. The molecule has 1 rings (SSSR count). The lowest BCUT2D eigenvalue weighted by Crippen LogP contribution is -2.50. The molecule has 1 aliphatic rings. The first-order valence-corrected chi connectivity index (χ1v) is 6.85. The van der Waals surface area contributed by atoms with Crippen molar-refractivity contribution in [1.29, 1.82) is 0 Å². The van der Waals surface area contributed by atoms with E-state index < -0.39 is 0 Å². The van der Waals surface area contributed by atoms with Gasteiger partial charge in [-0.3, -0.25) is 4.79 Å². The molecule has 0 bridgehead atoms. The van der Waals surface area contributed by atoms with Gasteiger partial charge in [0.15, 0.2) is 0 Å². The molecule has 1 heterocycles. The number of hydrogen-bond acceptors (Lipinski definition) is 2. The SMILES string of the molecule is CC1CCN(C(=O)C(C(N)=S)C(C)C)C(C)C1. The van der Waals surface area contributed by atoms with Crippen LogP contribution in [0.25, 0.3) is 0 Å². The van der Waals surface area contributed by atoms with Crippen molar-refractivity contribution < 1.29 is 4.79 Å². The van der Waals surface area contributed by atoms with E-state index in [1.54, 1.807) is 0 Å². The summed E-state index contributed by atoms with van der Waals surface area (Å²) < 4.78 is 0. The fourth-order valence-corrected chi connectivity index (χ4v) is 3.02. The second-order valence-electron chi connectivity index (χ2n) is 5.63. The molecule has 98 valence electrons. The Bertz CT molecular complexity index is 304. The third kappa shape index (κ3) is 3.41. The molecular weight excluding hydrogens is 232 g/mol. The molecular formula is C13H24N2OS. The Balaban J connectivity index is 2.77. The minimum Gasteiger partial charge on any atom is -0.393 e. The van der Waals surface area contributed by atoms with Crippen LogP contribution in [-0.4, -0.2) is 28.4 Å². The molecule has 4 heteroatoms. The van der Waals surface area contributed by atoms with Crippen LogP contribution in [0.1, 0.15) is 40.5 Å². The van der Waals surface area contributed by atoms with Crippen LogP contribution >= 0.6 is 12.2 Å². The number of likely N-dealkylation sites (tertiary alicyclic amines) is 1. The average molecular weight is 256 g/mol. The van der Waals surface area contributed by atoms with Crippen LogP contribution in [0, 0.1) is 17.8 Å². The molecule has 3 atom stereocenters. The lowest BCUT2D eigenvalue weighted by molar-refractivity contribution is -0.138. The van der Waals surface area contributed by atoms with Crippen LogP contribution in [0.15, 0.2) is 0 Å². The van der Waals surface area contributed by atoms with Crippen molar-refractivity contribution in [2.75, 3.05) is 6.54 Å². The summed E-state index contributed by atoms with van der Waals surface area (Å²) in [5.74, 6) is 0.690. The molecule has 2 N–H and O–H groups in total. The van der Waals surface area contributed by atoms with Gasteiger partial charge in [0.2, 0.25) is 5.91 Å². The van der Waals surface area contributed by atoms with Gasteiger partial charge in [0.05, 0.1) is 10.9 Å². The van der Waals surface area contributed by atoms with Crippen molar-refractivity contribution in [1.82, 2.24) is 4.90 Å². The summed E-state index contributed by atoms with van der Waals surface area (Å²) in [6, 6.07) is 0.307. The highest BCUT2D eigenvalue weighted by molar-refractivity contribution is 7.80. The molecule has 0 aliphatic carbocycles. The fraction of sp³-hybridized carbons (Fsp3) is 0.846. The molecule has 3 unspecified atom stereocenters. The van der Waals surface area contributed by atoms with Crippen molar-refractivity contribution in [3.05, 3.63) is 0 Å². The van der Waals surface area contributed by atoms with E-state index >= 15 is 0 Å². The first-order valence-electron chi connectivity index (χ1n) is 6.44. The van der Waals surface area contributed by atoms with Crippen molar-refractivity contribution in [2.45, 2.75) is 46.6 Å². The highest BCUT2D eigenvalue weighted by atomic mass is 32.1. The molecule has 0 aromatic rings. The summed E-state index contributed by atoms with van der Waals surface area (Å²) in [5, 5.41) is 0. The Morgan fingerprint density at radius 1 is 1.41 bits per heavy atom. The van der Waals surface area contributed by atoms with Crippen LogP contribution in [0.4, 0.5) is 0 Å². The maximum Gasteiger partial charge on any atom is 0.233 e. The monoisotopic (exact) mass is 256 g/mol. The molecule has 3 nitrogen and oxygen atoms in total. The summed E-state index contributed by atoms with van der Waals surface area (Å²) >= 11 is 5.03. The van der Waals surface area contributed by atoms with Gasteiger partial charge in [0, 0.05) is 12.6 Å². The van der Waals surface area contributed by atoms with Crippen LogP contribution in [0.3, 0.4) is 0 Å². The van der Waals surface area contributed by atoms with Gasteiger partial charge >= 0.3 is 0 Å². The van der Waals surface area contributed by atoms with Gasteiger partial charge in [-0.05, 0) is 31.6 Å². The average Bonchev–Trinajstić information content (AvgIpc) is 2.15. The second-order valence-corrected chi connectivity index (χ2v) is 6.11. The van der Waals surface area contributed by atoms with E-state index in [-0.39, 0.29) is 17.7 Å². The number of hydrogen-bond donors (Lipinski definition) is 1. The van der Waals surface area contributed by atoms with Crippen molar-refractivity contribution >= 4 is 23.1 Å². The highest BCUT2D eigenvalue weighted by Crippen LogP contribution is 2.25. The van der Waals surface area contributed by atoms with E-state index in [1.165, 1.54) is 0 Å². The van der Waals surface area contributed by atoms with E-state index in [4.69, 9.17) is 18.0 Å². The third-order valence-electron chi connectivity index (χ3n) is 3.66. The summed E-state index contributed by atoms with van der Waals surface area (Å²) in [6.07, 6.45) is 2.16. The molecule has 1 amide bonds. The first-order chi connectivity index (χ1) is 7.84. The number of thiocarbonyl (C=S) groups is 1. The number of rotatable bonds is 3. The molecule has 17 heavy (non-hydrogen) atoms. The fourth-order valence-electron chi connectivity index (χ4n) is 2.65. The Hall–Kier alpha value is -0.640. The summed E-state index contributed by atoms with van der Waals surface area (Å²) in [7, 11) is 0. The smallest absolute Gasteiger partial charge is 0.233 e. The van der Waals surface area contributed by atoms with Crippen LogP contribution in [-0.2, 0) is 4.79 Å². The zero-order chi connectivity index (χ0) is 13.2. The predicted octanol–water partition coefficient (Wildman–Crippen LogP) is 2.19. The zero-order valence-corrected chi connectivity index (χ0v) is 12.1. The Morgan fingerprint density at radius 3 is 2.41 bits per heavy atom. The van der Waals surface area contributed by atoms with Crippen molar-refractivity contribution in [3.8, 4) is 0 Å². The van der Waals surface area contributed by atoms with Gasteiger partial charge < -0.3 is 10.6 Å². The highest BCUT2D eigenvalue weighted by Gasteiger charge is 2.34. The number of amides is 1. The molecule has 0 spiro atoms. The molecule has 0 aromatic carbocycles. The molecule has 1 aliphatic heterocycles. The molecule has 0 radical (unpaired) electrons. The number of carbonyl (C=O) groups is 1. The summed E-state index contributed by atoms with van der Waals surface area (Å²) in [5.41, 5.74) is 5.70. The van der Waals surface area contributed by atoms with Gasteiger partial charge in [-0.25, -0.2) is 0 Å². The van der Waals surface area contributed by atoms with Gasteiger partial charge in [-0.2, -0.15) is 0 Å². The standard InChI is InChI=1S/C13H24N2OS/c1-8(2)11(12(14)17)13(16)15-6-5-9(3)7-10(15)4/h8-11H,5-7H2,1-4H3,(H2,14,17). The molecule has 1 fully saturated rings. The predicted molar refractivity (Wildman–Crippen MR) is 74.7 cm³/mol. The quantitative estimate of drug-likeness (QED) is 0.787. The Kier molecular flexibility index (Phi) is 4.92. The van der Waals surface area contributed by atoms with E-state index in [9.17, 15) is 4.79 Å². The van der Waals surface area contributed by atoms with E-state index in [2.05, 4.69) is 13.8 Å². The van der Waals surface area contributed by atoms with E-state index in [0.29, 0.717) is 16.9 Å². The van der Waals surface area contributed by atoms with Crippen molar-refractivity contribution in [3.63, 3.8) is 0 Å². The topological polar surface area (TPSA) is 46.3 Å². The van der Waals surface area contributed by atoms with Crippen molar-refractivity contribution in [2.24, 2.45) is 23.5 Å². The van der Waals surface area contributed by atoms with Gasteiger partial charge in [0.1, 0.15) is 0 Å². The second kappa shape index (κ2) is 5.80. The lowest BCUT2D eigenvalue weighted by atomic mass is 9.89. The van der Waals surface area contributed by atoms with Crippen LogP contribution < -0.4 is 5.73 Å². The largest absolute Gasteiger partial charge is 0.393 e. The maximum absolute atomic E-state index is 12.5. The summed E-state index contributed by atoms with van der Waals surface area (Å²) in [6.45, 7) is 9.20. The van der Waals surface area contributed by atoms with Gasteiger partial charge in [-0.15, -0.1) is 0 Å². The van der Waals surface area contributed by atoms with Gasteiger partial charge in [-0.1, -0.05) is 33.0 Å². The molecule has 0 aromatic heterocycles. The number of piperidine rings is 1. The maximum atomic E-state index is 12.5. The minimum absolute atomic E-state index is 0.118. The van der Waals surface area contributed by atoms with E-state index in [1.807, 2.05) is 18.7 Å². The Labute approximate surface area is 110 Å². The molecule has 1 saturated heterocycles. The van der Waals surface area contributed by atoms with E-state index in [0.717, 1.165) is 19.4 Å². The first kappa shape index (κ1) is 14.4. The number of carbonyl (C=O) groups excluding carboxylic acids is 1. The Morgan fingerprint density at radius 2 is 2.00 bits per heavy atom. The third-order valence-corrected chi connectivity index (χ3v) is 3.91. The minimum atomic E-state index is -0.305. The molecule has 0 saturated carbocycles.